The van der Waals surface area contributed by atoms with E-state index in [0.29, 0.717) is 19.3 Å². The molecule has 0 saturated heterocycles. The van der Waals surface area contributed by atoms with Crippen LogP contribution in [0.2, 0.25) is 0 Å². The molecule has 8 heteroatoms. The number of aliphatic carboxylic acids is 1. The minimum Gasteiger partial charge on any atom is -0.480 e. The van der Waals surface area contributed by atoms with Crippen molar-refractivity contribution in [3.8, 4) is 0 Å². The Labute approximate surface area is 190 Å². The van der Waals surface area contributed by atoms with Crippen molar-refractivity contribution in [3.05, 3.63) is 35.9 Å². The fourth-order valence-corrected chi connectivity index (χ4v) is 4.43. The fourth-order valence-electron chi connectivity index (χ4n) is 4.43. The van der Waals surface area contributed by atoms with Crippen molar-refractivity contribution in [3.63, 3.8) is 0 Å². The van der Waals surface area contributed by atoms with E-state index in [-0.39, 0.29) is 18.6 Å². The Morgan fingerprint density at radius 2 is 1.97 bits per heavy atom. The van der Waals surface area contributed by atoms with Gasteiger partial charge in [0.05, 0.1) is 18.7 Å². The molecule has 1 aromatic rings. The Morgan fingerprint density at radius 3 is 2.56 bits per heavy atom. The second-order valence-corrected chi connectivity index (χ2v) is 8.84. The van der Waals surface area contributed by atoms with Crippen LogP contribution in [0.15, 0.2) is 30.3 Å². The smallest absolute Gasteiger partial charge is 0.323 e. The first-order valence-electron chi connectivity index (χ1n) is 11.4. The lowest BCUT2D eigenvalue weighted by Crippen LogP contribution is -2.63. The number of carbonyl (C=O) groups is 3. The highest BCUT2D eigenvalue weighted by atomic mass is 16.5. The SMILES string of the molecule is CCOC(=O)C(CCc1ccccc1)NC(C)C(=O)N(CC(=O)O)C1CCCCC1(C)N. The summed E-state index contributed by atoms with van der Waals surface area (Å²) in [6.07, 6.45) is 4.33. The first-order chi connectivity index (χ1) is 15.2. The van der Waals surface area contributed by atoms with Gasteiger partial charge in [-0.25, -0.2) is 0 Å². The second kappa shape index (κ2) is 12.0. The molecule has 0 aromatic heterocycles. The highest BCUT2D eigenvalue weighted by Crippen LogP contribution is 2.30. The van der Waals surface area contributed by atoms with E-state index in [1.807, 2.05) is 37.3 Å². The summed E-state index contributed by atoms with van der Waals surface area (Å²) in [7, 11) is 0. The minimum absolute atomic E-state index is 0.240. The monoisotopic (exact) mass is 447 g/mol. The zero-order chi connectivity index (χ0) is 23.7. The van der Waals surface area contributed by atoms with Crippen LogP contribution in [-0.2, 0) is 25.5 Å². The van der Waals surface area contributed by atoms with Gasteiger partial charge in [-0.3, -0.25) is 19.7 Å². The van der Waals surface area contributed by atoms with E-state index in [0.717, 1.165) is 24.8 Å². The topological polar surface area (TPSA) is 122 Å². The summed E-state index contributed by atoms with van der Waals surface area (Å²) in [4.78, 5) is 38.8. The molecular weight excluding hydrogens is 410 g/mol. The van der Waals surface area contributed by atoms with Crippen LogP contribution in [0.1, 0.15) is 58.4 Å². The zero-order valence-corrected chi connectivity index (χ0v) is 19.4. The third kappa shape index (κ3) is 7.31. The van der Waals surface area contributed by atoms with Crippen molar-refractivity contribution in [2.75, 3.05) is 13.2 Å². The first-order valence-corrected chi connectivity index (χ1v) is 11.4. The summed E-state index contributed by atoms with van der Waals surface area (Å²) in [5, 5.41) is 12.5. The van der Waals surface area contributed by atoms with Gasteiger partial charge in [0.1, 0.15) is 12.6 Å². The second-order valence-electron chi connectivity index (χ2n) is 8.84. The van der Waals surface area contributed by atoms with Gasteiger partial charge in [-0.05, 0) is 52.0 Å². The molecule has 32 heavy (non-hydrogen) atoms. The molecule has 0 bridgehead atoms. The summed E-state index contributed by atoms with van der Waals surface area (Å²) in [6.45, 7) is 5.08. The van der Waals surface area contributed by atoms with E-state index < -0.39 is 36.1 Å². The van der Waals surface area contributed by atoms with Gasteiger partial charge < -0.3 is 20.5 Å². The number of carboxylic acids is 1. The number of nitrogens with zero attached hydrogens (tertiary/aromatic N) is 1. The number of aryl methyl sites for hydroxylation is 1. The molecule has 1 fully saturated rings. The van der Waals surface area contributed by atoms with Crippen LogP contribution in [0.25, 0.3) is 0 Å². The number of nitrogens with one attached hydrogen (secondary N) is 1. The molecule has 8 nitrogen and oxygen atoms in total. The molecule has 2 rings (SSSR count). The highest BCUT2D eigenvalue weighted by molar-refractivity contribution is 5.86. The van der Waals surface area contributed by atoms with Gasteiger partial charge in [0, 0.05) is 5.54 Å². The lowest BCUT2D eigenvalue weighted by molar-refractivity contribution is -0.150. The van der Waals surface area contributed by atoms with Crippen LogP contribution < -0.4 is 11.1 Å². The van der Waals surface area contributed by atoms with Gasteiger partial charge in [0.25, 0.3) is 0 Å². The molecule has 4 atom stereocenters. The molecular formula is C24H37N3O5. The number of carbonyl (C=O) groups excluding carboxylic acids is 2. The van der Waals surface area contributed by atoms with E-state index in [9.17, 15) is 19.5 Å². The number of hydrogen-bond donors (Lipinski definition) is 3. The average molecular weight is 448 g/mol. The fraction of sp³-hybridized carbons (Fsp3) is 0.625. The van der Waals surface area contributed by atoms with E-state index in [1.165, 1.54) is 4.90 Å². The lowest BCUT2D eigenvalue weighted by Gasteiger charge is -2.45. The Balaban J connectivity index is 2.14. The minimum atomic E-state index is -1.09. The summed E-state index contributed by atoms with van der Waals surface area (Å²) in [5.74, 6) is -1.88. The maximum absolute atomic E-state index is 13.3. The summed E-state index contributed by atoms with van der Waals surface area (Å²) < 4.78 is 5.21. The van der Waals surface area contributed by atoms with Gasteiger partial charge in [-0.1, -0.05) is 43.2 Å². The van der Waals surface area contributed by atoms with Crippen molar-refractivity contribution >= 4 is 17.8 Å². The predicted octanol–water partition coefficient (Wildman–Crippen LogP) is 2.10. The van der Waals surface area contributed by atoms with Crippen molar-refractivity contribution < 1.29 is 24.2 Å². The Bertz CT molecular complexity index is 768. The molecule has 4 unspecified atom stereocenters. The zero-order valence-electron chi connectivity index (χ0n) is 19.4. The number of rotatable bonds is 11. The Morgan fingerprint density at radius 1 is 1.28 bits per heavy atom. The highest BCUT2D eigenvalue weighted by Gasteiger charge is 2.41. The molecule has 1 aliphatic rings. The van der Waals surface area contributed by atoms with Gasteiger partial charge in [0.15, 0.2) is 0 Å². The quantitative estimate of drug-likeness (QED) is 0.444. The Kier molecular flexibility index (Phi) is 9.65. The molecule has 1 aliphatic carbocycles. The number of benzene rings is 1. The number of amides is 1. The normalized spacial score (nSPS) is 22.6. The first kappa shape index (κ1) is 25.8. The average Bonchev–Trinajstić information content (AvgIpc) is 2.75. The molecule has 1 amide bonds. The molecule has 0 heterocycles. The van der Waals surface area contributed by atoms with Crippen LogP contribution in [0.4, 0.5) is 0 Å². The van der Waals surface area contributed by atoms with Crippen LogP contribution >= 0.6 is 0 Å². The molecule has 0 aliphatic heterocycles. The predicted molar refractivity (Wildman–Crippen MR) is 122 cm³/mol. The molecule has 4 N–H and O–H groups in total. The van der Waals surface area contributed by atoms with E-state index in [2.05, 4.69) is 5.32 Å². The van der Waals surface area contributed by atoms with Crippen LogP contribution in [0.5, 0.6) is 0 Å². The maximum Gasteiger partial charge on any atom is 0.323 e. The van der Waals surface area contributed by atoms with E-state index in [1.54, 1.807) is 13.8 Å². The number of hydrogen-bond acceptors (Lipinski definition) is 6. The van der Waals surface area contributed by atoms with Gasteiger partial charge in [0.2, 0.25) is 5.91 Å². The third-order valence-electron chi connectivity index (χ3n) is 6.13. The summed E-state index contributed by atoms with van der Waals surface area (Å²) in [5.41, 5.74) is 6.88. The molecule has 1 saturated carbocycles. The van der Waals surface area contributed by atoms with Crippen molar-refractivity contribution in [1.82, 2.24) is 10.2 Å². The lowest BCUT2D eigenvalue weighted by atomic mass is 9.78. The van der Waals surface area contributed by atoms with Gasteiger partial charge in [-0.2, -0.15) is 0 Å². The van der Waals surface area contributed by atoms with Crippen molar-refractivity contribution in [1.29, 1.82) is 0 Å². The largest absolute Gasteiger partial charge is 0.480 e. The van der Waals surface area contributed by atoms with Crippen molar-refractivity contribution in [2.45, 2.75) is 83.0 Å². The Hall–Kier alpha value is -2.45. The van der Waals surface area contributed by atoms with Crippen LogP contribution in [0.3, 0.4) is 0 Å². The number of esters is 1. The molecule has 0 spiro atoms. The molecule has 1 aromatic carbocycles. The van der Waals surface area contributed by atoms with Crippen LogP contribution in [0, 0.1) is 0 Å². The third-order valence-corrected chi connectivity index (χ3v) is 6.13. The van der Waals surface area contributed by atoms with Gasteiger partial charge in [-0.15, -0.1) is 0 Å². The summed E-state index contributed by atoms with van der Waals surface area (Å²) >= 11 is 0. The molecule has 178 valence electrons. The summed E-state index contributed by atoms with van der Waals surface area (Å²) in [6, 6.07) is 7.95. The maximum atomic E-state index is 13.3. The van der Waals surface area contributed by atoms with E-state index in [4.69, 9.17) is 10.5 Å². The standard InChI is InChI=1S/C24H37N3O5/c1-4-32-23(31)19(14-13-18-10-6-5-7-11-18)26-17(2)22(30)27(16-21(28)29)20-12-8-9-15-24(20,3)25/h5-7,10-11,17,19-20,26H,4,8-9,12-16,25H2,1-3H3,(H,28,29). The van der Waals surface area contributed by atoms with Gasteiger partial charge >= 0.3 is 11.9 Å². The number of carboxylic acid groups (broad SMARTS) is 1. The van der Waals surface area contributed by atoms with Crippen LogP contribution in [-0.4, -0.2) is 64.7 Å². The number of nitrogens with two attached hydrogens (primary N) is 1. The van der Waals surface area contributed by atoms with Crippen molar-refractivity contribution in [2.24, 2.45) is 5.73 Å². The molecule has 0 radical (unpaired) electrons. The number of ether oxygens (including phenoxy) is 1. The van der Waals surface area contributed by atoms with E-state index >= 15 is 0 Å².